The number of aryl methyl sites for hydroxylation is 2. The molecule has 38 heavy (non-hydrogen) atoms. The van der Waals surface area contributed by atoms with Crippen molar-refractivity contribution in [2.45, 2.75) is 13.0 Å². The van der Waals surface area contributed by atoms with E-state index in [0.29, 0.717) is 28.7 Å². The molecule has 3 aromatic carbocycles. The normalized spacial score (nSPS) is 11.9. The third-order valence-electron chi connectivity index (χ3n) is 7.00. The number of methoxy groups -OCH3 is 6. The van der Waals surface area contributed by atoms with Gasteiger partial charge < -0.3 is 33.0 Å². The summed E-state index contributed by atoms with van der Waals surface area (Å²) in [5.41, 5.74) is 7.48. The van der Waals surface area contributed by atoms with Crippen LogP contribution in [0.1, 0.15) is 5.56 Å². The lowest BCUT2D eigenvalue weighted by Gasteiger charge is -2.23. The van der Waals surface area contributed by atoms with Gasteiger partial charge in [0, 0.05) is 39.5 Å². The third-order valence-corrected chi connectivity index (χ3v) is 7.66. The average molecular weight is 580 g/mol. The average Bonchev–Trinajstić information content (AvgIpc) is 3.35. The molecule has 5 rings (SSSR count). The Morgan fingerprint density at radius 3 is 1.79 bits per heavy atom. The van der Waals surface area contributed by atoms with E-state index in [1.54, 1.807) is 42.7 Å². The number of benzene rings is 3. The zero-order valence-corrected chi connectivity index (χ0v) is 23.9. The number of rotatable bonds is 8. The van der Waals surface area contributed by atoms with Crippen molar-refractivity contribution in [2.75, 3.05) is 42.7 Å². The molecule has 0 unspecified atom stereocenters. The number of halogens is 1. The van der Waals surface area contributed by atoms with Crippen LogP contribution < -0.4 is 28.4 Å². The quantitative estimate of drug-likeness (QED) is 0.227. The van der Waals surface area contributed by atoms with Gasteiger partial charge in [-0.1, -0.05) is 22.0 Å². The van der Waals surface area contributed by atoms with Crippen LogP contribution in [0.3, 0.4) is 0 Å². The van der Waals surface area contributed by atoms with Gasteiger partial charge in [0.25, 0.3) is 0 Å². The zero-order chi connectivity index (χ0) is 27.0. The summed E-state index contributed by atoms with van der Waals surface area (Å²) in [5, 5.41) is 0. The monoisotopic (exact) mass is 579 g/mol. The fourth-order valence-electron chi connectivity index (χ4n) is 5.16. The van der Waals surface area contributed by atoms with Crippen LogP contribution in [0.25, 0.3) is 33.5 Å². The molecular weight excluding hydrogens is 550 g/mol. The molecule has 1 aliphatic rings. The highest BCUT2D eigenvalue weighted by atomic mass is 79.9. The fraction of sp³-hybridized carbons (Fsp3) is 0.267. The number of ether oxygens (including phenoxy) is 6. The molecule has 0 fully saturated rings. The van der Waals surface area contributed by atoms with Crippen molar-refractivity contribution in [1.29, 1.82) is 0 Å². The molecule has 1 aliphatic heterocycles. The van der Waals surface area contributed by atoms with Crippen molar-refractivity contribution in [3.8, 4) is 68.0 Å². The van der Waals surface area contributed by atoms with Gasteiger partial charge in [0.05, 0.1) is 48.4 Å². The minimum Gasteiger partial charge on any atom is -0.493 e. The number of aromatic nitrogens is 1. The number of hydrogen-bond acceptors (Lipinski definition) is 6. The molecule has 0 atom stereocenters. The molecule has 4 aromatic rings. The molecule has 0 amide bonds. The molecule has 0 saturated carbocycles. The molecule has 0 bridgehead atoms. The Bertz CT molecular complexity index is 1510. The predicted molar refractivity (Wildman–Crippen MR) is 151 cm³/mol. The Morgan fingerprint density at radius 2 is 1.16 bits per heavy atom. The lowest BCUT2D eigenvalue weighted by atomic mass is 9.90. The van der Waals surface area contributed by atoms with E-state index in [9.17, 15) is 0 Å². The van der Waals surface area contributed by atoms with Gasteiger partial charge >= 0.3 is 0 Å². The first-order valence-corrected chi connectivity index (χ1v) is 12.9. The van der Waals surface area contributed by atoms with E-state index >= 15 is 0 Å². The Balaban J connectivity index is 1.85. The van der Waals surface area contributed by atoms with Gasteiger partial charge in [-0.2, -0.15) is 0 Å². The highest BCUT2D eigenvalue weighted by Crippen LogP contribution is 2.50. The first-order chi connectivity index (χ1) is 18.5. The Morgan fingerprint density at radius 1 is 0.605 bits per heavy atom. The van der Waals surface area contributed by atoms with Crippen LogP contribution in [0.5, 0.6) is 34.5 Å². The molecule has 2 heterocycles. The van der Waals surface area contributed by atoms with Crippen LogP contribution in [0.4, 0.5) is 0 Å². The first-order valence-electron chi connectivity index (χ1n) is 12.1. The van der Waals surface area contributed by atoms with Crippen molar-refractivity contribution < 1.29 is 28.4 Å². The molecule has 0 saturated heterocycles. The van der Waals surface area contributed by atoms with Crippen LogP contribution in [-0.2, 0) is 13.0 Å². The molecular formula is C30H30BrNO6. The van der Waals surface area contributed by atoms with Gasteiger partial charge in [0.1, 0.15) is 0 Å². The molecule has 7 nitrogen and oxygen atoms in total. The van der Waals surface area contributed by atoms with Gasteiger partial charge in [-0.3, -0.25) is 0 Å². The summed E-state index contributed by atoms with van der Waals surface area (Å²) in [6.45, 7) is 0.822. The minimum atomic E-state index is 0.653. The highest BCUT2D eigenvalue weighted by Gasteiger charge is 2.28. The van der Waals surface area contributed by atoms with E-state index in [2.05, 4.69) is 44.9 Å². The van der Waals surface area contributed by atoms with E-state index in [4.69, 9.17) is 28.4 Å². The predicted octanol–water partition coefficient (Wildman–Crippen LogP) is 6.86. The molecule has 8 heteroatoms. The van der Waals surface area contributed by atoms with E-state index in [0.717, 1.165) is 56.7 Å². The highest BCUT2D eigenvalue weighted by molar-refractivity contribution is 9.10. The lowest BCUT2D eigenvalue weighted by Crippen LogP contribution is -2.11. The standard InChI is InChI=1S/C30H30BrNO6/c1-33-23-8-7-18(12-24(23)34-2)29-21(20-14-27(37-5)28(38-6)15-22(20)31)16-32-10-9-17-11-25(35-3)26(36-4)13-19(17)30(29)32/h7-8,11-16H,9-10H2,1-6H3. The van der Waals surface area contributed by atoms with E-state index in [-0.39, 0.29) is 0 Å². The second-order valence-electron chi connectivity index (χ2n) is 8.83. The minimum absolute atomic E-state index is 0.653. The van der Waals surface area contributed by atoms with Gasteiger partial charge in [-0.05, 0) is 53.9 Å². The third kappa shape index (κ3) is 4.22. The van der Waals surface area contributed by atoms with Gasteiger partial charge in [0.15, 0.2) is 34.5 Å². The van der Waals surface area contributed by atoms with Crippen molar-refractivity contribution >= 4 is 15.9 Å². The maximum absolute atomic E-state index is 5.69. The van der Waals surface area contributed by atoms with Crippen LogP contribution in [-0.4, -0.2) is 47.2 Å². The van der Waals surface area contributed by atoms with Crippen molar-refractivity contribution in [1.82, 2.24) is 4.57 Å². The Labute approximate surface area is 230 Å². The Kier molecular flexibility index (Phi) is 7.17. The van der Waals surface area contributed by atoms with Crippen molar-refractivity contribution in [3.05, 3.63) is 58.7 Å². The summed E-state index contributed by atoms with van der Waals surface area (Å²) < 4.78 is 36.9. The number of hydrogen-bond donors (Lipinski definition) is 0. The summed E-state index contributed by atoms with van der Waals surface area (Å²) in [6, 6.07) is 14.1. The summed E-state index contributed by atoms with van der Waals surface area (Å²) in [6.07, 6.45) is 3.07. The molecule has 198 valence electrons. The van der Waals surface area contributed by atoms with Crippen molar-refractivity contribution in [2.24, 2.45) is 0 Å². The smallest absolute Gasteiger partial charge is 0.161 e. The SMILES string of the molecule is COc1ccc(-c2c(-c3cc(OC)c(OC)cc3Br)cn3c2-c2cc(OC)c(OC)cc2CC3)cc1OC. The second kappa shape index (κ2) is 10.5. The second-order valence-corrected chi connectivity index (χ2v) is 9.69. The van der Waals surface area contributed by atoms with E-state index in [1.807, 2.05) is 24.3 Å². The van der Waals surface area contributed by atoms with Gasteiger partial charge in [-0.15, -0.1) is 0 Å². The van der Waals surface area contributed by atoms with Crippen LogP contribution in [0.2, 0.25) is 0 Å². The largest absolute Gasteiger partial charge is 0.493 e. The summed E-state index contributed by atoms with van der Waals surface area (Å²) in [4.78, 5) is 0. The molecule has 0 N–H and O–H groups in total. The number of fused-ring (bicyclic) bond motifs is 3. The summed E-state index contributed by atoms with van der Waals surface area (Å²) >= 11 is 3.79. The van der Waals surface area contributed by atoms with Gasteiger partial charge in [-0.25, -0.2) is 0 Å². The molecule has 1 aromatic heterocycles. The molecule has 0 spiro atoms. The molecule has 0 radical (unpaired) electrons. The van der Waals surface area contributed by atoms with Crippen LogP contribution in [0, 0.1) is 0 Å². The maximum atomic E-state index is 5.69. The van der Waals surface area contributed by atoms with Crippen LogP contribution in [0.15, 0.2) is 53.1 Å². The maximum Gasteiger partial charge on any atom is 0.161 e. The Hall–Kier alpha value is -3.78. The van der Waals surface area contributed by atoms with Crippen LogP contribution >= 0.6 is 15.9 Å². The fourth-order valence-corrected chi connectivity index (χ4v) is 5.70. The number of nitrogens with zero attached hydrogens (tertiary/aromatic N) is 1. The van der Waals surface area contributed by atoms with E-state index in [1.165, 1.54) is 5.56 Å². The zero-order valence-electron chi connectivity index (χ0n) is 22.3. The van der Waals surface area contributed by atoms with Gasteiger partial charge in [0.2, 0.25) is 0 Å². The van der Waals surface area contributed by atoms with Crippen molar-refractivity contribution in [3.63, 3.8) is 0 Å². The topological polar surface area (TPSA) is 60.3 Å². The van der Waals surface area contributed by atoms with E-state index < -0.39 is 0 Å². The molecule has 0 aliphatic carbocycles. The lowest BCUT2D eigenvalue weighted by molar-refractivity contribution is 0.354. The first kappa shape index (κ1) is 25.9. The summed E-state index contributed by atoms with van der Waals surface area (Å²) in [7, 11) is 9.89. The summed E-state index contributed by atoms with van der Waals surface area (Å²) in [5.74, 6) is 4.05.